The van der Waals surface area contributed by atoms with Crippen molar-refractivity contribution in [2.45, 2.75) is 26.8 Å². The Kier molecular flexibility index (Phi) is 5.34. The van der Waals surface area contributed by atoms with E-state index in [0.717, 1.165) is 26.1 Å². The van der Waals surface area contributed by atoms with Crippen LogP contribution in [0.15, 0.2) is 41.2 Å². The summed E-state index contributed by atoms with van der Waals surface area (Å²) in [5, 5.41) is 2.94. The van der Waals surface area contributed by atoms with Gasteiger partial charge in [-0.15, -0.1) is 0 Å². The molecule has 2 N–H and O–H groups in total. The number of hydrogen-bond acceptors (Lipinski definition) is 3. The third kappa shape index (κ3) is 4.57. The molecular formula is C20H25N3O2. The molecule has 1 aliphatic heterocycles. The Morgan fingerprint density at radius 2 is 2.12 bits per heavy atom. The Morgan fingerprint density at radius 1 is 1.28 bits per heavy atom. The largest absolute Gasteiger partial charge is 0.350 e. The number of amides is 1. The number of nitrogens with one attached hydrogen (secondary N) is 2. The minimum absolute atomic E-state index is 0.217. The molecule has 0 aliphatic carbocycles. The summed E-state index contributed by atoms with van der Waals surface area (Å²) in [6, 6.07) is 11.2. The van der Waals surface area contributed by atoms with Crippen molar-refractivity contribution in [1.29, 1.82) is 0 Å². The molecular weight excluding hydrogens is 314 g/mol. The van der Waals surface area contributed by atoms with Crippen LogP contribution in [-0.2, 0) is 6.54 Å². The van der Waals surface area contributed by atoms with Gasteiger partial charge in [0, 0.05) is 25.7 Å². The fourth-order valence-electron chi connectivity index (χ4n) is 3.35. The average Bonchev–Trinajstić information content (AvgIpc) is 3.03. The molecule has 5 heteroatoms. The van der Waals surface area contributed by atoms with Gasteiger partial charge in [0.25, 0.3) is 5.91 Å². The number of likely N-dealkylation sites (tertiary alicyclic amines) is 1. The van der Waals surface area contributed by atoms with Gasteiger partial charge in [0.1, 0.15) is 5.69 Å². The predicted molar refractivity (Wildman–Crippen MR) is 98.7 cm³/mol. The number of rotatable bonds is 5. The van der Waals surface area contributed by atoms with Gasteiger partial charge < -0.3 is 10.3 Å². The van der Waals surface area contributed by atoms with Crippen LogP contribution in [0.1, 0.15) is 33.6 Å². The van der Waals surface area contributed by atoms with Crippen molar-refractivity contribution in [3.05, 3.63) is 69.1 Å². The number of H-pyrrole nitrogens is 1. The van der Waals surface area contributed by atoms with E-state index in [4.69, 9.17) is 0 Å². The average molecular weight is 339 g/mol. The summed E-state index contributed by atoms with van der Waals surface area (Å²) in [6.07, 6.45) is 1.08. The van der Waals surface area contributed by atoms with Crippen molar-refractivity contribution >= 4 is 5.91 Å². The standard InChI is InChI=1S/C20H25N3O2/c1-14-6-7-15(2)17(10-14)13-23-9-8-16(12-23)11-21-20(25)18-4-3-5-19(24)22-18/h3-7,10,16H,8-9,11-13H2,1-2H3,(H,21,25)(H,22,24). The monoisotopic (exact) mass is 339 g/mol. The Bertz CT molecular complexity index is 813. The Morgan fingerprint density at radius 3 is 2.92 bits per heavy atom. The number of aryl methyl sites for hydroxylation is 2. The predicted octanol–water partition coefficient (Wildman–Crippen LogP) is 2.24. The number of carbonyl (C=O) groups is 1. The SMILES string of the molecule is Cc1ccc(C)c(CN2CCC(CNC(=O)c3cccc(=O)[nH]3)C2)c1. The van der Waals surface area contributed by atoms with Crippen molar-refractivity contribution in [2.24, 2.45) is 5.92 Å². The second-order valence-electron chi connectivity index (χ2n) is 6.96. The van der Waals surface area contributed by atoms with E-state index in [1.807, 2.05) is 0 Å². The van der Waals surface area contributed by atoms with Gasteiger partial charge in [-0.25, -0.2) is 0 Å². The molecule has 0 bridgehead atoms. The van der Waals surface area contributed by atoms with Crippen LogP contribution in [0, 0.1) is 19.8 Å². The zero-order valence-corrected chi connectivity index (χ0v) is 14.8. The molecule has 3 rings (SSSR count). The lowest BCUT2D eigenvalue weighted by Crippen LogP contribution is -2.32. The number of hydrogen-bond donors (Lipinski definition) is 2. The van der Waals surface area contributed by atoms with E-state index >= 15 is 0 Å². The molecule has 2 heterocycles. The first kappa shape index (κ1) is 17.4. The van der Waals surface area contributed by atoms with Crippen LogP contribution >= 0.6 is 0 Å². The van der Waals surface area contributed by atoms with Gasteiger partial charge in [-0.05, 0) is 49.9 Å². The van der Waals surface area contributed by atoms with Crippen LogP contribution in [0.2, 0.25) is 0 Å². The molecule has 0 saturated carbocycles. The zero-order chi connectivity index (χ0) is 17.8. The van der Waals surface area contributed by atoms with Gasteiger partial charge >= 0.3 is 0 Å². The van der Waals surface area contributed by atoms with Crippen molar-refractivity contribution in [3.8, 4) is 0 Å². The highest BCUT2D eigenvalue weighted by Gasteiger charge is 2.23. The van der Waals surface area contributed by atoms with E-state index in [-0.39, 0.29) is 11.5 Å². The number of aromatic nitrogens is 1. The molecule has 1 fully saturated rings. The summed E-state index contributed by atoms with van der Waals surface area (Å²) >= 11 is 0. The molecule has 1 atom stereocenters. The lowest BCUT2D eigenvalue weighted by atomic mass is 10.1. The highest BCUT2D eigenvalue weighted by molar-refractivity contribution is 5.92. The molecule has 1 amide bonds. The third-order valence-corrected chi connectivity index (χ3v) is 4.83. The Balaban J connectivity index is 1.50. The molecule has 0 radical (unpaired) electrons. The van der Waals surface area contributed by atoms with Crippen LogP contribution in [0.5, 0.6) is 0 Å². The minimum atomic E-state index is -0.256. The second-order valence-corrected chi connectivity index (χ2v) is 6.96. The maximum atomic E-state index is 12.1. The van der Waals surface area contributed by atoms with E-state index in [1.54, 1.807) is 12.1 Å². The topological polar surface area (TPSA) is 65.2 Å². The Labute approximate surface area is 148 Å². The highest BCUT2D eigenvalue weighted by atomic mass is 16.2. The van der Waals surface area contributed by atoms with Gasteiger partial charge in [0.2, 0.25) is 5.56 Å². The molecule has 0 spiro atoms. The first-order valence-corrected chi connectivity index (χ1v) is 8.77. The lowest BCUT2D eigenvalue weighted by molar-refractivity contribution is 0.0942. The number of nitrogens with zero attached hydrogens (tertiary/aromatic N) is 1. The molecule has 132 valence electrons. The fourth-order valence-corrected chi connectivity index (χ4v) is 3.35. The van der Waals surface area contributed by atoms with E-state index in [9.17, 15) is 9.59 Å². The summed E-state index contributed by atoms with van der Waals surface area (Å²) in [7, 11) is 0. The van der Waals surface area contributed by atoms with Crippen LogP contribution < -0.4 is 10.9 Å². The number of benzene rings is 1. The quantitative estimate of drug-likeness (QED) is 0.878. The molecule has 1 aromatic carbocycles. The van der Waals surface area contributed by atoms with E-state index < -0.39 is 0 Å². The zero-order valence-electron chi connectivity index (χ0n) is 14.8. The van der Waals surface area contributed by atoms with E-state index in [1.165, 1.54) is 22.8 Å². The van der Waals surface area contributed by atoms with Crippen LogP contribution in [0.4, 0.5) is 0 Å². The van der Waals surface area contributed by atoms with Crippen LogP contribution in [0.3, 0.4) is 0 Å². The molecule has 1 aliphatic rings. The van der Waals surface area contributed by atoms with Crippen molar-refractivity contribution in [2.75, 3.05) is 19.6 Å². The molecule has 1 saturated heterocycles. The maximum absolute atomic E-state index is 12.1. The summed E-state index contributed by atoms with van der Waals surface area (Å²) in [5.41, 5.74) is 4.06. The third-order valence-electron chi connectivity index (χ3n) is 4.83. The number of carbonyl (C=O) groups excluding carboxylic acids is 1. The van der Waals surface area contributed by atoms with Gasteiger partial charge in [-0.3, -0.25) is 14.5 Å². The first-order valence-electron chi connectivity index (χ1n) is 8.77. The van der Waals surface area contributed by atoms with Crippen LogP contribution in [0.25, 0.3) is 0 Å². The van der Waals surface area contributed by atoms with Gasteiger partial charge in [-0.1, -0.05) is 29.8 Å². The smallest absolute Gasteiger partial charge is 0.267 e. The van der Waals surface area contributed by atoms with E-state index in [2.05, 4.69) is 47.2 Å². The first-order chi connectivity index (χ1) is 12.0. The molecule has 2 aromatic rings. The summed E-state index contributed by atoms with van der Waals surface area (Å²) in [4.78, 5) is 28.4. The van der Waals surface area contributed by atoms with Crippen LogP contribution in [-0.4, -0.2) is 35.4 Å². The minimum Gasteiger partial charge on any atom is -0.350 e. The van der Waals surface area contributed by atoms with Crippen molar-refractivity contribution in [3.63, 3.8) is 0 Å². The summed E-state index contributed by atoms with van der Waals surface area (Å²) < 4.78 is 0. The number of aromatic amines is 1. The fraction of sp³-hybridized carbons (Fsp3) is 0.400. The molecule has 25 heavy (non-hydrogen) atoms. The van der Waals surface area contributed by atoms with Gasteiger partial charge in [0.15, 0.2) is 0 Å². The van der Waals surface area contributed by atoms with Gasteiger partial charge in [0.05, 0.1) is 0 Å². The van der Waals surface area contributed by atoms with Crippen molar-refractivity contribution in [1.82, 2.24) is 15.2 Å². The Hall–Kier alpha value is -2.40. The maximum Gasteiger partial charge on any atom is 0.267 e. The lowest BCUT2D eigenvalue weighted by Gasteiger charge is -2.18. The number of pyridine rings is 1. The summed E-state index contributed by atoms with van der Waals surface area (Å²) in [5.74, 6) is 0.232. The normalized spacial score (nSPS) is 17.6. The molecule has 5 nitrogen and oxygen atoms in total. The van der Waals surface area contributed by atoms with E-state index in [0.29, 0.717) is 18.2 Å². The van der Waals surface area contributed by atoms with Gasteiger partial charge in [-0.2, -0.15) is 0 Å². The molecule has 1 unspecified atom stereocenters. The highest BCUT2D eigenvalue weighted by Crippen LogP contribution is 2.20. The molecule has 1 aromatic heterocycles. The van der Waals surface area contributed by atoms with Crippen molar-refractivity contribution < 1.29 is 4.79 Å². The second kappa shape index (κ2) is 7.66. The summed E-state index contributed by atoms with van der Waals surface area (Å²) in [6.45, 7) is 7.92.